The Bertz CT molecular complexity index is 368. The van der Waals surface area contributed by atoms with Gasteiger partial charge in [-0.3, -0.25) is 4.79 Å². The largest absolute Gasteiger partial charge is 0.298 e. The molecule has 0 amide bonds. The van der Waals surface area contributed by atoms with E-state index in [-0.39, 0.29) is 23.1 Å². The average Bonchev–Trinajstić information content (AvgIpc) is 2.20. The molecule has 5 heteroatoms. The van der Waals surface area contributed by atoms with E-state index in [1.54, 1.807) is 0 Å². The lowest BCUT2D eigenvalue weighted by Crippen LogP contribution is -2.04. The minimum Gasteiger partial charge on any atom is -0.298 e. The summed E-state index contributed by atoms with van der Waals surface area (Å²) in [5.41, 5.74) is 0.329. The molecule has 0 aliphatic carbocycles. The molecule has 0 unspecified atom stereocenters. The lowest BCUT2D eigenvalue weighted by molar-refractivity contribution is -0.115. The van der Waals surface area contributed by atoms with E-state index in [9.17, 15) is 13.6 Å². The maximum Gasteiger partial charge on any atom is 0.263 e. The van der Waals surface area contributed by atoms with Crippen molar-refractivity contribution >= 4 is 33.3 Å². The molecule has 0 N–H and O–H groups in total. The highest BCUT2D eigenvalue weighted by Gasteiger charge is 2.11. The van der Waals surface area contributed by atoms with Crippen LogP contribution in [0.5, 0.6) is 0 Å². The molecule has 0 saturated heterocycles. The van der Waals surface area contributed by atoms with Crippen LogP contribution in [0.25, 0.3) is 0 Å². The number of benzene rings is 1. The summed E-state index contributed by atoms with van der Waals surface area (Å²) < 4.78 is 24.7. The number of rotatable bonds is 4. The van der Waals surface area contributed by atoms with E-state index in [2.05, 4.69) is 15.9 Å². The van der Waals surface area contributed by atoms with Gasteiger partial charge in [0.2, 0.25) is 0 Å². The summed E-state index contributed by atoms with van der Waals surface area (Å²) in [4.78, 5) is 11.1. The first-order chi connectivity index (χ1) is 7.04. The van der Waals surface area contributed by atoms with E-state index in [0.717, 1.165) is 0 Å². The molecule has 1 aromatic carbocycles. The first kappa shape index (κ1) is 12.6. The summed E-state index contributed by atoms with van der Waals surface area (Å²) in [7, 11) is 0. The number of hydrogen-bond acceptors (Lipinski definition) is 1. The fraction of sp³-hybridized carbons (Fsp3) is 0.300. The Balaban J connectivity index is 2.95. The Hall–Kier alpha value is -0.480. The third-order valence-electron chi connectivity index (χ3n) is 1.86. The van der Waals surface area contributed by atoms with Crippen molar-refractivity contribution in [1.29, 1.82) is 0 Å². The van der Waals surface area contributed by atoms with E-state index in [0.29, 0.717) is 10.6 Å². The molecular weight excluding hydrogens is 289 g/mol. The van der Waals surface area contributed by atoms with Crippen LogP contribution in [0.1, 0.15) is 17.6 Å². The maximum absolute atomic E-state index is 12.4. The summed E-state index contributed by atoms with van der Waals surface area (Å²) >= 11 is 8.79. The van der Waals surface area contributed by atoms with Crippen LogP contribution < -0.4 is 0 Å². The van der Waals surface area contributed by atoms with Crippen LogP contribution in [0.3, 0.4) is 0 Å². The van der Waals surface area contributed by atoms with E-state index in [1.807, 2.05) is 0 Å². The normalized spacial score (nSPS) is 10.7. The molecule has 1 rings (SSSR count). The van der Waals surface area contributed by atoms with Gasteiger partial charge in [0.05, 0.1) is 5.33 Å². The minimum atomic E-state index is -2.54. The molecule has 0 aliphatic heterocycles. The van der Waals surface area contributed by atoms with Crippen LogP contribution in [0.15, 0.2) is 18.2 Å². The van der Waals surface area contributed by atoms with Crippen molar-refractivity contribution in [2.24, 2.45) is 0 Å². The fourth-order valence-corrected chi connectivity index (χ4v) is 1.51. The van der Waals surface area contributed by atoms with Crippen molar-refractivity contribution in [2.45, 2.75) is 12.8 Å². The Morgan fingerprint density at radius 2 is 2.13 bits per heavy atom. The standard InChI is InChI=1S/C10H8BrClF2O/c11-5-8(15)4-7-3-6(10(13)14)1-2-9(7)12/h1-3,10H,4-5H2. The molecule has 0 aliphatic rings. The third kappa shape index (κ3) is 3.54. The van der Waals surface area contributed by atoms with Gasteiger partial charge in [-0.1, -0.05) is 33.6 Å². The monoisotopic (exact) mass is 296 g/mol. The van der Waals surface area contributed by atoms with Crippen LogP contribution in [0.2, 0.25) is 5.02 Å². The van der Waals surface area contributed by atoms with Gasteiger partial charge in [-0.25, -0.2) is 8.78 Å². The zero-order valence-electron chi connectivity index (χ0n) is 7.64. The second-order valence-electron chi connectivity index (χ2n) is 3.00. The predicted octanol–water partition coefficient (Wildman–Crippen LogP) is 3.78. The number of Topliss-reactive ketones (excluding diaryl/α,β-unsaturated/α-hetero) is 1. The van der Waals surface area contributed by atoms with Crippen LogP contribution in [0.4, 0.5) is 8.78 Å². The van der Waals surface area contributed by atoms with Crippen molar-refractivity contribution < 1.29 is 13.6 Å². The van der Waals surface area contributed by atoms with Gasteiger partial charge in [-0.15, -0.1) is 0 Å². The first-order valence-corrected chi connectivity index (χ1v) is 5.68. The number of hydrogen-bond donors (Lipinski definition) is 0. The number of carbonyl (C=O) groups is 1. The molecule has 1 aromatic rings. The number of halogens is 4. The van der Waals surface area contributed by atoms with Crippen molar-refractivity contribution in [1.82, 2.24) is 0 Å². The lowest BCUT2D eigenvalue weighted by atomic mass is 10.1. The molecule has 1 nitrogen and oxygen atoms in total. The minimum absolute atomic E-state index is 0.0741. The predicted molar refractivity (Wildman–Crippen MR) is 58.9 cm³/mol. The van der Waals surface area contributed by atoms with E-state index in [1.165, 1.54) is 18.2 Å². The Morgan fingerprint density at radius 1 is 1.47 bits per heavy atom. The van der Waals surface area contributed by atoms with Gasteiger partial charge in [0.25, 0.3) is 6.43 Å². The molecule has 0 saturated carbocycles. The quantitative estimate of drug-likeness (QED) is 0.773. The SMILES string of the molecule is O=C(CBr)Cc1cc(C(F)F)ccc1Cl. The molecule has 15 heavy (non-hydrogen) atoms. The van der Waals surface area contributed by atoms with Gasteiger partial charge in [0, 0.05) is 17.0 Å². The molecule has 0 aromatic heterocycles. The summed E-state index contributed by atoms with van der Waals surface area (Å²) in [5.74, 6) is -0.0942. The average molecular weight is 298 g/mol. The van der Waals surface area contributed by atoms with E-state index >= 15 is 0 Å². The summed E-state index contributed by atoms with van der Waals surface area (Å²) in [6, 6.07) is 3.92. The van der Waals surface area contributed by atoms with Crippen LogP contribution >= 0.6 is 27.5 Å². The zero-order valence-corrected chi connectivity index (χ0v) is 9.99. The van der Waals surface area contributed by atoms with Crippen molar-refractivity contribution in [3.8, 4) is 0 Å². The van der Waals surface area contributed by atoms with Crippen LogP contribution in [-0.2, 0) is 11.2 Å². The van der Waals surface area contributed by atoms with Gasteiger partial charge in [-0.05, 0) is 17.7 Å². The summed E-state index contributed by atoms with van der Waals surface area (Å²) in [6.07, 6.45) is -2.47. The number of alkyl halides is 3. The van der Waals surface area contributed by atoms with Gasteiger partial charge in [0.1, 0.15) is 5.78 Å². The van der Waals surface area contributed by atoms with E-state index < -0.39 is 6.43 Å². The molecular formula is C10H8BrClF2O. The van der Waals surface area contributed by atoms with E-state index in [4.69, 9.17) is 11.6 Å². The Labute approximate surface area is 99.6 Å². The topological polar surface area (TPSA) is 17.1 Å². The third-order valence-corrected chi connectivity index (χ3v) is 2.85. The zero-order chi connectivity index (χ0) is 11.4. The maximum atomic E-state index is 12.4. The number of carbonyl (C=O) groups excluding carboxylic acids is 1. The fourth-order valence-electron chi connectivity index (χ4n) is 1.13. The molecule has 0 heterocycles. The molecule has 0 bridgehead atoms. The number of ketones is 1. The van der Waals surface area contributed by atoms with Gasteiger partial charge in [-0.2, -0.15) is 0 Å². The molecule has 0 radical (unpaired) electrons. The second-order valence-corrected chi connectivity index (χ2v) is 3.97. The van der Waals surface area contributed by atoms with Crippen molar-refractivity contribution in [3.05, 3.63) is 34.3 Å². The molecule has 0 atom stereocenters. The summed E-state index contributed by atoms with van der Waals surface area (Å²) in [6.45, 7) is 0. The highest BCUT2D eigenvalue weighted by Crippen LogP contribution is 2.25. The molecule has 82 valence electrons. The lowest BCUT2D eigenvalue weighted by Gasteiger charge is -2.05. The van der Waals surface area contributed by atoms with Crippen LogP contribution in [-0.4, -0.2) is 11.1 Å². The second kappa shape index (κ2) is 5.56. The molecule has 0 spiro atoms. The van der Waals surface area contributed by atoms with Crippen molar-refractivity contribution in [3.63, 3.8) is 0 Å². The van der Waals surface area contributed by atoms with Gasteiger partial charge in [0.15, 0.2) is 0 Å². The van der Waals surface area contributed by atoms with Crippen LogP contribution in [0, 0.1) is 0 Å². The smallest absolute Gasteiger partial charge is 0.263 e. The Morgan fingerprint density at radius 3 is 2.67 bits per heavy atom. The highest BCUT2D eigenvalue weighted by atomic mass is 79.9. The first-order valence-electron chi connectivity index (χ1n) is 4.18. The summed E-state index contributed by atoms with van der Waals surface area (Å²) in [5, 5.41) is 0.538. The van der Waals surface area contributed by atoms with Gasteiger partial charge >= 0.3 is 0 Å². The Kier molecular flexibility index (Phi) is 4.67. The molecule has 0 fully saturated rings. The highest BCUT2D eigenvalue weighted by molar-refractivity contribution is 9.09. The van der Waals surface area contributed by atoms with Gasteiger partial charge < -0.3 is 0 Å². The van der Waals surface area contributed by atoms with Crippen molar-refractivity contribution in [2.75, 3.05) is 5.33 Å².